The number of carbonyl (C=O) groups excluding carboxylic acids is 1. The van der Waals surface area contributed by atoms with Crippen LogP contribution >= 0.6 is 11.6 Å². The second kappa shape index (κ2) is 11.0. The zero-order valence-corrected chi connectivity index (χ0v) is 22.2. The van der Waals surface area contributed by atoms with Crippen molar-refractivity contribution in [3.05, 3.63) is 58.1 Å². The molecular weight excluding hydrogens is 472 g/mol. The van der Waals surface area contributed by atoms with E-state index in [2.05, 4.69) is 30.9 Å². The van der Waals surface area contributed by atoms with Crippen LogP contribution in [0.5, 0.6) is 5.75 Å². The molecule has 186 valence electrons. The smallest absolute Gasteiger partial charge is 0.263 e. The van der Waals surface area contributed by atoms with E-state index in [0.29, 0.717) is 23.7 Å². The summed E-state index contributed by atoms with van der Waals surface area (Å²) in [6.45, 7) is 11.9. The molecule has 1 heterocycles. The number of rotatable bonds is 9. The number of hydrogen-bond donors (Lipinski definition) is 0. The maximum atomic E-state index is 13.5. The first kappa shape index (κ1) is 26.4. The molecule has 0 aliphatic carbocycles. The first-order chi connectivity index (χ1) is 16.0. The number of benzene rings is 2. The highest BCUT2D eigenvalue weighted by Crippen LogP contribution is 2.28. The van der Waals surface area contributed by atoms with Crippen molar-refractivity contribution >= 4 is 33.0 Å². The Morgan fingerprint density at radius 2 is 1.71 bits per heavy atom. The van der Waals surface area contributed by atoms with Gasteiger partial charge < -0.3 is 14.5 Å². The van der Waals surface area contributed by atoms with Crippen LogP contribution in [-0.4, -0.2) is 56.0 Å². The third-order valence-corrected chi connectivity index (χ3v) is 8.77. The van der Waals surface area contributed by atoms with Crippen molar-refractivity contribution in [3.8, 4) is 5.75 Å². The van der Waals surface area contributed by atoms with E-state index in [1.165, 1.54) is 0 Å². The zero-order chi connectivity index (χ0) is 25.0. The maximum Gasteiger partial charge on any atom is 0.263 e. The molecule has 0 radical (unpaired) electrons. The van der Waals surface area contributed by atoms with Crippen molar-refractivity contribution in [1.29, 1.82) is 0 Å². The lowest BCUT2D eigenvalue weighted by atomic mass is 10.1. The monoisotopic (exact) mass is 506 g/mol. The summed E-state index contributed by atoms with van der Waals surface area (Å²) in [4.78, 5) is 17.5. The molecule has 0 spiro atoms. The van der Waals surface area contributed by atoms with Crippen LogP contribution in [-0.2, 0) is 21.2 Å². The fourth-order valence-electron chi connectivity index (χ4n) is 4.47. The minimum absolute atomic E-state index is 0.0118. The van der Waals surface area contributed by atoms with Gasteiger partial charge in [0.25, 0.3) is 5.91 Å². The maximum absolute atomic E-state index is 13.5. The summed E-state index contributed by atoms with van der Waals surface area (Å²) in [7, 11) is -3.15. The largest absolute Gasteiger partial charge is 0.481 e. The molecular formula is C26H35ClN2O4S. The Kier molecular flexibility index (Phi) is 8.52. The normalized spacial score (nSPS) is 17.9. The average Bonchev–Trinajstić information content (AvgIpc) is 3.16. The molecule has 6 nitrogen and oxygen atoms in total. The van der Waals surface area contributed by atoms with Crippen molar-refractivity contribution in [1.82, 2.24) is 4.90 Å². The molecule has 1 aliphatic rings. The van der Waals surface area contributed by atoms with Crippen molar-refractivity contribution in [2.45, 2.75) is 59.7 Å². The topological polar surface area (TPSA) is 66.9 Å². The molecule has 1 aliphatic heterocycles. The van der Waals surface area contributed by atoms with Gasteiger partial charge in [0.05, 0.1) is 11.5 Å². The first-order valence-electron chi connectivity index (χ1n) is 11.8. The first-order valence-corrected chi connectivity index (χ1v) is 14.0. The number of hydrogen-bond acceptors (Lipinski definition) is 5. The number of ether oxygens (including phenoxy) is 1. The van der Waals surface area contributed by atoms with Gasteiger partial charge in [0.2, 0.25) is 0 Å². The van der Waals surface area contributed by atoms with E-state index in [1.54, 1.807) is 11.8 Å². The number of aryl methyl sites for hydroxylation is 2. The Hall–Kier alpha value is -2.25. The number of sulfone groups is 1. The number of nitrogens with zero attached hydrogens (tertiary/aromatic N) is 2. The van der Waals surface area contributed by atoms with Crippen LogP contribution in [0.2, 0.25) is 5.02 Å². The van der Waals surface area contributed by atoms with Crippen LogP contribution in [0.1, 0.15) is 43.9 Å². The van der Waals surface area contributed by atoms with E-state index in [0.717, 1.165) is 35.5 Å². The van der Waals surface area contributed by atoms with Crippen molar-refractivity contribution in [2.24, 2.45) is 0 Å². The van der Waals surface area contributed by atoms with E-state index in [4.69, 9.17) is 16.3 Å². The van der Waals surface area contributed by atoms with Crippen LogP contribution in [0.25, 0.3) is 0 Å². The lowest BCUT2D eigenvalue weighted by Crippen LogP contribution is -2.46. The predicted molar refractivity (Wildman–Crippen MR) is 139 cm³/mol. The third kappa shape index (κ3) is 6.25. The van der Waals surface area contributed by atoms with Crippen LogP contribution in [0, 0.1) is 13.8 Å². The predicted octanol–water partition coefficient (Wildman–Crippen LogP) is 4.79. The van der Waals surface area contributed by atoms with Gasteiger partial charge in [-0.15, -0.1) is 0 Å². The summed E-state index contributed by atoms with van der Waals surface area (Å²) in [6.07, 6.45) is -0.324. The average molecular weight is 507 g/mol. The standard InChI is InChI=1S/C26H35ClN2O4S/c1-6-28(7-2)22-10-8-21(9-11-22)16-29(23-12-13-34(31,32)17-23)26(30)20(5)33-24-14-18(3)25(27)19(4)15-24/h8-11,14-15,20,23H,6-7,12-13,16-17H2,1-5H3. The highest BCUT2D eigenvalue weighted by molar-refractivity contribution is 7.91. The zero-order valence-electron chi connectivity index (χ0n) is 20.7. The van der Waals surface area contributed by atoms with Gasteiger partial charge in [-0.25, -0.2) is 8.42 Å². The van der Waals surface area contributed by atoms with Crippen LogP contribution < -0.4 is 9.64 Å². The van der Waals surface area contributed by atoms with Gasteiger partial charge in [0.1, 0.15) is 5.75 Å². The Morgan fingerprint density at radius 3 is 2.21 bits per heavy atom. The molecule has 2 aromatic rings. The highest BCUT2D eigenvalue weighted by Gasteiger charge is 2.36. The summed E-state index contributed by atoms with van der Waals surface area (Å²) >= 11 is 6.26. The molecule has 1 saturated heterocycles. The summed E-state index contributed by atoms with van der Waals surface area (Å²) in [6, 6.07) is 11.4. The van der Waals surface area contributed by atoms with Gasteiger partial charge >= 0.3 is 0 Å². The molecule has 2 atom stereocenters. The minimum atomic E-state index is -3.15. The van der Waals surface area contributed by atoms with Crippen LogP contribution in [0.15, 0.2) is 36.4 Å². The Morgan fingerprint density at radius 1 is 1.12 bits per heavy atom. The molecule has 2 aromatic carbocycles. The number of anilines is 1. The highest BCUT2D eigenvalue weighted by atomic mass is 35.5. The molecule has 2 unspecified atom stereocenters. The van der Waals surface area contributed by atoms with E-state index >= 15 is 0 Å². The molecule has 0 N–H and O–H groups in total. The van der Waals surface area contributed by atoms with Gasteiger partial charge in [-0.3, -0.25) is 4.79 Å². The summed E-state index contributed by atoms with van der Waals surface area (Å²) < 4.78 is 30.4. The fraction of sp³-hybridized carbons (Fsp3) is 0.500. The van der Waals surface area contributed by atoms with Crippen molar-refractivity contribution < 1.29 is 17.9 Å². The molecule has 3 rings (SSSR count). The summed E-state index contributed by atoms with van der Waals surface area (Å²) in [5, 5.41) is 0.678. The number of halogens is 1. The van der Waals surface area contributed by atoms with E-state index < -0.39 is 15.9 Å². The lowest BCUT2D eigenvalue weighted by Gasteiger charge is -2.31. The van der Waals surface area contributed by atoms with E-state index in [9.17, 15) is 13.2 Å². The van der Waals surface area contributed by atoms with Gasteiger partial charge in [-0.1, -0.05) is 23.7 Å². The minimum Gasteiger partial charge on any atom is -0.481 e. The lowest BCUT2D eigenvalue weighted by molar-refractivity contribution is -0.140. The molecule has 34 heavy (non-hydrogen) atoms. The summed E-state index contributed by atoms with van der Waals surface area (Å²) in [5.74, 6) is 0.443. The Labute approximate surface area is 208 Å². The fourth-order valence-corrected chi connectivity index (χ4v) is 6.31. The second-order valence-corrected chi connectivity index (χ2v) is 11.6. The Bertz CT molecular complexity index is 1090. The molecule has 1 amide bonds. The van der Waals surface area contributed by atoms with Crippen molar-refractivity contribution in [2.75, 3.05) is 29.5 Å². The molecule has 8 heteroatoms. The molecule has 1 fully saturated rings. The van der Waals surface area contributed by atoms with E-state index in [-0.39, 0.29) is 23.5 Å². The van der Waals surface area contributed by atoms with Gasteiger partial charge in [-0.2, -0.15) is 0 Å². The molecule has 0 saturated carbocycles. The molecule has 0 bridgehead atoms. The summed E-state index contributed by atoms with van der Waals surface area (Å²) in [5.41, 5.74) is 3.84. The van der Waals surface area contributed by atoms with Gasteiger partial charge in [-0.05, 0) is 82.0 Å². The van der Waals surface area contributed by atoms with Gasteiger partial charge in [0, 0.05) is 36.4 Å². The number of amides is 1. The quantitative estimate of drug-likeness (QED) is 0.489. The van der Waals surface area contributed by atoms with Crippen LogP contribution in [0.4, 0.5) is 5.69 Å². The SMILES string of the molecule is CCN(CC)c1ccc(CN(C(=O)C(C)Oc2cc(C)c(Cl)c(C)c2)C2CCS(=O)(=O)C2)cc1. The van der Waals surface area contributed by atoms with Crippen LogP contribution in [0.3, 0.4) is 0 Å². The van der Waals surface area contributed by atoms with Gasteiger partial charge in [0.15, 0.2) is 15.9 Å². The van der Waals surface area contributed by atoms with E-state index in [1.807, 2.05) is 38.1 Å². The second-order valence-electron chi connectivity index (χ2n) is 8.99. The number of carbonyl (C=O) groups is 1. The molecule has 0 aromatic heterocycles. The Balaban J connectivity index is 1.82. The third-order valence-electron chi connectivity index (χ3n) is 6.42. The van der Waals surface area contributed by atoms with Crippen molar-refractivity contribution in [3.63, 3.8) is 0 Å².